The Bertz CT molecular complexity index is 165. The van der Waals surface area contributed by atoms with Crippen molar-refractivity contribution in [2.45, 2.75) is 32.1 Å². The van der Waals surface area contributed by atoms with Gasteiger partial charge in [-0.25, -0.2) is 4.39 Å². The first-order valence-electron chi connectivity index (χ1n) is 4.20. The van der Waals surface area contributed by atoms with E-state index in [1.54, 1.807) is 0 Å². The van der Waals surface area contributed by atoms with Crippen LogP contribution in [0.3, 0.4) is 0 Å². The molecule has 2 unspecified atom stereocenters. The van der Waals surface area contributed by atoms with Crippen LogP contribution in [0.15, 0.2) is 0 Å². The lowest BCUT2D eigenvalue weighted by Gasteiger charge is -2.14. The van der Waals surface area contributed by atoms with Gasteiger partial charge in [0.05, 0.1) is 0 Å². The van der Waals surface area contributed by atoms with Crippen LogP contribution in [-0.2, 0) is 4.57 Å². The molecule has 0 aliphatic rings. The van der Waals surface area contributed by atoms with Gasteiger partial charge in [0, 0.05) is 12.6 Å². The summed E-state index contributed by atoms with van der Waals surface area (Å²) in [5, 5.41) is 0. The van der Waals surface area contributed by atoms with Gasteiger partial charge in [-0.15, -0.1) is 0 Å². The maximum Gasteiger partial charge on any atom is 0.233 e. The molecule has 0 saturated heterocycles. The number of halogens is 1. The first-order chi connectivity index (χ1) is 5.54. The molecule has 0 aliphatic carbocycles. The SMILES string of the molecule is CCCCP(=O)(O)C(F)CCN. The molecule has 2 atom stereocenters. The second kappa shape index (κ2) is 5.68. The average molecular weight is 197 g/mol. The third-order valence-corrected chi connectivity index (χ3v) is 3.77. The Balaban J connectivity index is 3.91. The summed E-state index contributed by atoms with van der Waals surface area (Å²) in [5.41, 5.74) is 5.08. The Morgan fingerprint density at radius 1 is 1.67 bits per heavy atom. The second-order valence-electron chi connectivity index (χ2n) is 2.84. The van der Waals surface area contributed by atoms with Gasteiger partial charge in [0.2, 0.25) is 7.37 Å². The largest absolute Gasteiger partial charge is 0.342 e. The van der Waals surface area contributed by atoms with Gasteiger partial charge >= 0.3 is 0 Å². The Morgan fingerprint density at radius 2 is 2.25 bits per heavy atom. The normalized spacial score (nSPS) is 18.7. The van der Waals surface area contributed by atoms with E-state index in [1.165, 1.54) is 0 Å². The molecule has 0 aromatic heterocycles. The minimum atomic E-state index is -3.56. The average Bonchev–Trinajstić information content (AvgIpc) is 2.01. The summed E-state index contributed by atoms with van der Waals surface area (Å²) in [4.78, 5) is 9.17. The van der Waals surface area contributed by atoms with Crippen molar-refractivity contribution in [1.29, 1.82) is 0 Å². The van der Waals surface area contributed by atoms with Gasteiger partial charge < -0.3 is 10.6 Å². The fourth-order valence-corrected chi connectivity index (χ4v) is 2.47. The molecule has 0 bridgehead atoms. The Kier molecular flexibility index (Phi) is 5.72. The predicted molar refractivity (Wildman–Crippen MR) is 48.2 cm³/mol. The van der Waals surface area contributed by atoms with Gasteiger partial charge in [0.15, 0.2) is 5.91 Å². The van der Waals surface area contributed by atoms with Crippen molar-refractivity contribution in [2.75, 3.05) is 12.7 Å². The summed E-state index contributed by atoms with van der Waals surface area (Å²) >= 11 is 0. The number of unbranched alkanes of at least 4 members (excludes halogenated alkanes) is 1. The standard InChI is InChI=1S/C7H17FNO2P/c1-2-3-6-12(10,11)7(8)4-5-9/h7H,2-6,9H2,1H3,(H,10,11). The van der Waals surface area contributed by atoms with Gasteiger partial charge in [-0.2, -0.15) is 0 Å². The fraction of sp³-hybridized carbons (Fsp3) is 1.00. The van der Waals surface area contributed by atoms with Crippen LogP contribution in [-0.4, -0.2) is 23.5 Å². The van der Waals surface area contributed by atoms with Crippen molar-refractivity contribution in [3.8, 4) is 0 Å². The molecule has 0 rings (SSSR count). The van der Waals surface area contributed by atoms with Gasteiger partial charge in [-0.05, 0) is 13.0 Å². The zero-order valence-electron chi connectivity index (χ0n) is 7.37. The highest BCUT2D eigenvalue weighted by Gasteiger charge is 2.28. The molecule has 0 aliphatic heterocycles. The van der Waals surface area contributed by atoms with Gasteiger partial charge in [-0.3, -0.25) is 4.57 Å². The molecule has 0 radical (unpaired) electrons. The lowest BCUT2D eigenvalue weighted by atomic mass is 10.4. The van der Waals surface area contributed by atoms with E-state index in [2.05, 4.69) is 0 Å². The van der Waals surface area contributed by atoms with E-state index < -0.39 is 13.3 Å². The molecule has 0 aromatic rings. The highest BCUT2D eigenvalue weighted by Crippen LogP contribution is 2.48. The summed E-state index contributed by atoms with van der Waals surface area (Å²) < 4.78 is 24.1. The van der Waals surface area contributed by atoms with Crippen LogP contribution < -0.4 is 5.73 Å². The molecule has 3 nitrogen and oxygen atoms in total. The maximum atomic E-state index is 12.9. The highest BCUT2D eigenvalue weighted by atomic mass is 31.2. The number of hydrogen-bond acceptors (Lipinski definition) is 2. The molecular weight excluding hydrogens is 180 g/mol. The number of hydrogen-bond donors (Lipinski definition) is 2. The summed E-state index contributed by atoms with van der Waals surface area (Å²) in [6.45, 7) is 2.02. The first kappa shape index (κ1) is 12.1. The molecule has 0 fully saturated rings. The number of alkyl halides is 1. The monoisotopic (exact) mass is 197 g/mol. The van der Waals surface area contributed by atoms with Crippen molar-refractivity contribution in [3.63, 3.8) is 0 Å². The molecule has 74 valence electrons. The van der Waals surface area contributed by atoms with Crippen LogP contribution in [0, 0.1) is 0 Å². The highest BCUT2D eigenvalue weighted by molar-refractivity contribution is 7.58. The van der Waals surface area contributed by atoms with Crippen molar-refractivity contribution in [3.05, 3.63) is 0 Å². The Labute approximate surface area is 72.6 Å². The summed E-state index contributed by atoms with van der Waals surface area (Å²) in [7, 11) is -3.56. The number of rotatable bonds is 6. The lowest BCUT2D eigenvalue weighted by molar-refractivity contribution is 0.356. The van der Waals surface area contributed by atoms with E-state index in [-0.39, 0.29) is 19.1 Å². The molecular formula is C7H17FNO2P. The maximum absolute atomic E-state index is 12.9. The lowest BCUT2D eigenvalue weighted by Crippen LogP contribution is -2.11. The molecule has 5 heteroatoms. The summed E-state index contributed by atoms with van der Waals surface area (Å²) in [5.74, 6) is -1.63. The molecule has 3 N–H and O–H groups in total. The Morgan fingerprint density at radius 3 is 2.67 bits per heavy atom. The summed E-state index contributed by atoms with van der Waals surface area (Å²) in [6, 6.07) is 0. The zero-order chi connectivity index (χ0) is 9.61. The minimum absolute atomic E-state index is 0.0164. The van der Waals surface area contributed by atoms with Crippen LogP contribution in [0.5, 0.6) is 0 Å². The van der Waals surface area contributed by atoms with E-state index in [4.69, 9.17) is 5.73 Å². The van der Waals surface area contributed by atoms with Crippen LogP contribution in [0.25, 0.3) is 0 Å². The second-order valence-corrected chi connectivity index (χ2v) is 5.36. The topological polar surface area (TPSA) is 63.3 Å². The van der Waals surface area contributed by atoms with Crippen LogP contribution >= 0.6 is 7.37 Å². The van der Waals surface area contributed by atoms with Crippen LogP contribution in [0.2, 0.25) is 0 Å². The third-order valence-electron chi connectivity index (χ3n) is 1.67. The zero-order valence-corrected chi connectivity index (χ0v) is 8.27. The van der Waals surface area contributed by atoms with Crippen molar-refractivity contribution in [2.24, 2.45) is 5.73 Å². The Hall–Kier alpha value is 0.0800. The van der Waals surface area contributed by atoms with Gasteiger partial charge in [-0.1, -0.05) is 13.3 Å². The van der Waals surface area contributed by atoms with E-state index >= 15 is 0 Å². The molecule has 0 heterocycles. The van der Waals surface area contributed by atoms with E-state index in [1.807, 2.05) is 6.92 Å². The smallest absolute Gasteiger partial charge is 0.233 e. The third kappa shape index (κ3) is 4.19. The fourth-order valence-electron chi connectivity index (χ4n) is 0.864. The van der Waals surface area contributed by atoms with E-state index in [0.717, 1.165) is 6.42 Å². The van der Waals surface area contributed by atoms with Gasteiger partial charge in [0.25, 0.3) is 0 Å². The van der Waals surface area contributed by atoms with Crippen LogP contribution in [0.1, 0.15) is 26.2 Å². The quantitative estimate of drug-likeness (QED) is 0.637. The van der Waals surface area contributed by atoms with Gasteiger partial charge in [0.1, 0.15) is 0 Å². The molecule has 12 heavy (non-hydrogen) atoms. The van der Waals surface area contributed by atoms with Crippen molar-refractivity contribution in [1.82, 2.24) is 0 Å². The minimum Gasteiger partial charge on any atom is -0.342 e. The molecule has 0 aromatic carbocycles. The molecule has 0 saturated carbocycles. The van der Waals surface area contributed by atoms with Crippen molar-refractivity contribution >= 4 is 7.37 Å². The molecule has 0 amide bonds. The van der Waals surface area contributed by atoms with Crippen LogP contribution in [0.4, 0.5) is 4.39 Å². The summed E-state index contributed by atoms with van der Waals surface area (Å²) in [6.07, 6.45) is 1.46. The van der Waals surface area contributed by atoms with E-state index in [0.29, 0.717) is 6.42 Å². The van der Waals surface area contributed by atoms with E-state index in [9.17, 15) is 13.8 Å². The van der Waals surface area contributed by atoms with Crippen molar-refractivity contribution < 1.29 is 13.8 Å². The first-order valence-corrected chi connectivity index (χ1v) is 6.11. The molecule has 0 spiro atoms. The predicted octanol–water partition coefficient (Wildman–Crippen LogP) is 1.70. The number of nitrogens with two attached hydrogens (primary N) is 1.